The second-order valence-corrected chi connectivity index (χ2v) is 4.29. The Hall–Kier alpha value is -1.89. The van der Waals surface area contributed by atoms with Gasteiger partial charge in [-0.3, -0.25) is 0 Å². The summed E-state index contributed by atoms with van der Waals surface area (Å²) in [4.78, 5) is 11.8. The summed E-state index contributed by atoms with van der Waals surface area (Å²) < 4.78 is 18.3. The molecule has 3 nitrogen and oxygen atoms in total. The molecule has 0 spiro atoms. The van der Waals surface area contributed by atoms with Crippen LogP contribution in [-0.2, 0) is 11.2 Å². The van der Waals surface area contributed by atoms with E-state index in [-0.39, 0.29) is 18.1 Å². The molecule has 17 heavy (non-hydrogen) atoms. The molecule has 2 unspecified atom stereocenters. The highest BCUT2D eigenvalue weighted by Gasteiger charge is 2.37. The van der Waals surface area contributed by atoms with Gasteiger partial charge in [0.15, 0.2) is 0 Å². The zero-order valence-electron chi connectivity index (χ0n) is 9.44. The lowest BCUT2D eigenvalue weighted by atomic mass is 10.1. The molecule has 2 atom stereocenters. The molecule has 0 aliphatic heterocycles. The van der Waals surface area contributed by atoms with Crippen LogP contribution >= 0.6 is 0 Å². The fourth-order valence-electron chi connectivity index (χ4n) is 1.63. The van der Waals surface area contributed by atoms with Crippen LogP contribution in [0.2, 0.25) is 0 Å². The van der Waals surface area contributed by atoms with E-state index in [2.05, 4.69) is 0 Å². The average molecular weight is 233 g/mol. The number of nitriles is 1. The molecular weight excluding hydrogens is 221 g/mol. The normalized spacial score (nSPS) is 21.7. The van der Waals surface area contributed by atoms with Crippen molar-refractivity contribution in [3.63, 3.8) is 0 Å². The molecule has 0 radical (unpaired) electrons. The molecule has 1 aromatic carbocycles. The number of hydrogen-bond acceptors (Lipinski definition) is 3. The molecule has 0 amide bonds. The molecule has 0 N–H and O–H groups in total. The van der Waals surface area contributed by atoms with Crippen LogP contribution in [0.25, 0.3) is 0 Å². The minimum atomic E-state index is -0.538. The van der Waals surface area contributed by atoms with E-state index in [1.807, 2.05) is 13.0 Å². The first-order valence-corrected chi connectivity index (χ1v) is 5.48. The molecule has 0 aromatic heterocycles. The van der Waals surface area contributed by atoms with Crippen molar-refractivity contribution < 1.29 is 13.9 Å². The molecule has 1 saturated carbocycles. The van der Waals surface area contributed by atoms with Gasteiger partial charge in [0.05, 0.1) is 18.1 Å². The first-order chi connectivity index (χ1) is 8.11. The molecule has 1 fully saturated rings. The van der Waals surface area contributed by atoms with Crippen LogP contribution in [0.5, 0.6) is 0 Å². The van der Waals surface area contributed by atoms with Gasteiger partial charge in [-0.2, -0.15) is 5.26 Å². The summed E-state index contributed by atoms with van der Waals surface area (Å²) in [6, 6.07) is 5.76. The van der Waals surface area contributed by atoms with Gasteiger partial charge >= 0.3 is 5.97 Å². The Morgan fingerprint density at radius 2 is 2.35 bits per heavy atom. The molecular formula is C13H12FNO2. The third kappa shape index (κ3) is 2.62. The van der Waals surface area contributed by atoms with Crippen molar-refractivity contribution >= 4 is 5.97 Å². The van der Waals surface area contributed by atoms with Crippen molar-refractivity contribution in [1.82, 2.24) is 0 Å². The Morgan fingerprint density at radius 1 is 1.65 bits per heavy atom. The summed E-state index contributed by atoms with van der Waals surface area (Å²) in [5.41, 5.74) is 0.665. The summed E-state index contributed by atoms with van der Waals surface area (Å²) in [7, 11) is 0. The number of carbonyl (C=O) groups excluding carboxylic acids is 1. The number of halogens is 1. The van der Waals surface area contributed by atoms with E-state index in [4.69, 9.17) is 10.00 Å². The van der Waals surface area contributed by atoms with E-state index in [9.17, 15) is 9.18 Å². The van der Waals surface area contributed by atoms with E-state index in [1.54, 1.807) is 0 Å². The maximum absolute atomic E-state index is 13.1. The summed E-state index contributed by atoms with van der Waals surface area (Å²) in [6.45, 7) is 1.99. The molecule has 1 aliphatic rings. The Labute approximate surface area is 98.8 Å². The van der Waals surface area contributed by atoms with E-state index in [0.29, 0.717) is 11.5 Å². The SMILES string of the molecule is CC1CC1OC(=O)c1cc(F)ccc1CC#N. The minimum Gasteiger partial charge on any atom is -0.458 e. The molecule has 0 saturated heterocycles. The summed E-state index contributed by atoms with van der Waals surface area (Å²) in [5.74, 6) is -0.654. The lowest BCUT2D eigenvalue weighted by molar-refractivity contribution is 0.0452. The monoisotopic (exact) mass is 233 g/mol. The van der Waals surface area contributed by atoms with Gasteiger partial charge in [-0.1, -0.05) is 13.0 Å². The third-order valence-electron chi connectivity index (χ3n) is 2.86. The number of carbonyl (C=O) groups is 1. The number of benzene rings is 1. The van der Waals surface area contributed by atoms with Gasteiger partial charge in [-0.25, -0.2) is 9.18 Å². The molecule has 88 valence electrons. The Balaban J connectivity index is 2.20. The highest BCUT2D eigenvalue weighted by Crippen LogP contribution is 2.33. The summed E-state index contributed by atoms with van der Waals surface area (Å²) in [5, 5.41) is 8.64. The van der Waals surface area contributed by atoms with Gasteiger partial charge in [-0.05, 0) is 30.0 Å². The van der Waals surface area contributed by atoms with Crippen molar-refractivity contribution in [1.29, 1.82) is 5.26 Å². The van der Waals surface area contributed by atoms with E-state index < -0.39 is 11.8 Å². The van der Waals surface area contributed by atoms with Gasteiger partial charge in [0.25, 0.3) is 0 Å². The van der Waals surface area contributed by atoms with Crippen LogP contribution in [0.4, 0.5) is 4.39 Å². The van der Waals surface area contributed by atoms with E-state index in [0.717, 1.165) is 12.5 Å². The highest BCUT2D eigenvalue weighted by molar-refractivity contribution is 5.91. The lowest BCUT2D eigenvalue weighted by Gasteiger charge is -2.07. The second kappa shape index (κ2) is 4.54. The van der Waals surface area contributed by atoms with Gasteiger partial charge in [0.2, 0.25) is 0 Å². The van der Waals surface area contributed by atoms with Crippen molar-refractivity contribution in [2.24, 2.45) is 5.92 Å². The first-order valence-electron chi connectivity index (χ1n) is 5.48. The topological polar surface area (TPSA) is 50.1 Å². The second-order valence-electron chi connectivity index (χ2n) is 4.29. The Kier molecular flexibility index (Phi) is 3.10. The van der Waals surface area contributed by atoms with Crippen LogP contribution in [-0.4, -0.2) is 12.1 Å². The molecule has 0 bridgehead atoms. The molecule has 1 aliphatic carbocycles. The largest absolute Gasteiger partial charge is 0.458 e. The maximum Gasteiger partial charge on any atom is 0.338 e. The zero-order valence-corrected chi connectivity index (χ0v) is 9.44. The molecule has 2 rings (SSSR count). The maximum atomic E-state index is 13.1. The highest BCUT2D eigenvalue weighted by atomic mass is 19.1. The first kappa shape index (κ1) is 11.6. The molecule has 0 heterocycles. The van der Waals surface area contributed by atoms with Gasteiger partial charge in [0.1, 0.15) is 11.9 Å². The Morgan fingerprint density at radius 3 is 2.94 bits per heavy atom. The predicted octanol–water partition coefficient (Wildman–Crippen LogP) is 2.46. The quantitative estimate of drug-likeness (QED) is 0.753. The average Bonchev–Trinajstić information content (AvgIpc) is 2.97. The van der Waals surface area contributed by atoms with Crippen LogP contribution in [0, 0.1) is 23.1 Å². The van der Waals surface area contributed by atoms with E-state index >= 15 is 0 Å². The number of nitrogens with zero attached hydrogens (tertiary/aromatic N) is 1. The smallest absolute Gasteiger partial charge is 0.338 e. The van der Waals surface area contributed by atoms with E-state index in [1.165, 1.54) is 12.1 Å². The number of ether oxygens (including phenoxy) is 1. The van der Waals surface area contributed by atoms with Crippen molar-refractivity contribution in [2.45, 2.75) is 25.9 Å². The van der Waals surface area contributed by atoms with Crippen LogP contribution in [0.1, 0.15) is 29.3 Å². The summed E-state index contributed by atoms with van der Waals surface area (Å²) in [6.07, 6.45) is 0.875. The molecule has 4 heteroatoms. The minimum absolute atomic E-state index is 0.0549. The standard InChI is InChI=1S/C13H12FNO2/c1-8-6-12(8)17-13(16)11-7-10(14)3-2-9(11)4-5-15/h2-3,7-8,12H,4,6H2,1H3. The van der Waals surface area contributed by atoms with Crippen LogP contribution in [0.3, 0.4) is 0 Å². The fourth-order valence-corrected chi connectivity index (χ4v) is 1.63. The van der Waals surface area contributed by atoms with Crippen LogP contribution < -0.4 is 0 Å². The number of esters is 1. The van der Waals surface area contributed by atoms with Crippen LogP contribution in [0.15, 0.2) is 18.2 Å². The number of hydrogen-bond donors (Lipinski definition) is 0. The van der Waals surface area contributed by atoms with Crippen molar-refractivity contribution in [3.8, 4) is 6.07 Å². The van der Waals surface area contributed by atoms with Crippen molar-refractivity contribution in [3.05, 3.63) is 35.1 Å². The predicted molar refractivity (Wildman–Crippen MR) is 58.7 cm³/mol. The third-order valence-corrected chi connectivity index (χ3v) is 2.86. The van der Waals surface area contributed by atoms with Gasteiger partial charge in [0, 0.05) is 0 Å². The fraction of sp³-hybridized carbons (Fsp3) is 0.385. The lowest BCUT2D eigenvalue weighted by Crippen LogP contribution is -2.11. The van der Waals surface area contributed by atoms with Crippen molar-refractivity contribution in [2.75, 3.05) is 0 Å². The summed E-state index contributed by atoms with van der Waals surface area (Å²) >= 11 is 0. The van der Waals surface area contributed by atoms with Gasteiger partial charge < -0.3 is 4.74 Å². The van der Waals surface area contributed by atoms with Gasteiger partial charge in [-0.15, -0.1) is 0 Å². The zero-order chi connectivity index (χ0) is 12.4. The number of rotatable bonds is 3. The Bertz CT molecular complexity index is 493. The molecule has 1 aromatic rings.